The average molecular weight is 544 g/mol. The van der Waals surface area contributed by atoms with Crippen LogP contribution in [0.5, 0.6) is 0 Å². The molecule has 1 aromatic carbocycles. The number of nitrogens with zero attached hydrogens (tertiary/aromatic N) is 1. The van der Waals surface area contributed by atoms with E-state index in [0.717, 1.165) is 12.0 Å². The van der Waals surface area contributed by atoms with Crippen molar-refractivity contribution in [3.8, 4) is 0 Å². The topological polar surface area (TPSA) is 87.7 Å². The zero-order valence-corrected chi connectivity index (χ0v) is 26.2. The summed E-state index contributed by atoms with van der Waals surface area (Å²) in [4.78, 5) is 42.9. The van der Waals surface area contributed by atoms with Crippen molar-refractivity contribution in [3.63, 3.8) is 0 Å². The second-order valence-electron chi connectivity index (χ2n) is 13.4. The van der Waals surface area contributed by atoms with Crippen LogP contribution >= 0.6 is 0 Å². The molecule has 0 aliphatic heterocycles. The van der Waals surface area contributed by atoms with E-state index in [1.54, 1.807) is 31.7 Å². The summed E-state index contributed by atoms with van der Waals surface area (Å²) in [5, 5.41) is 5.91. The van der Waals surface area contributed by atoms with Crippen LogP contribution in [0, 0.1) is 11.8 Å². The van der Waals surface area contributed by atoms with Crippen LogP contribution in [-0.2, 0) is 14.3 Å². The first-order chi connectivity index (χ1) is 17.8. The van der Waals surface area contributed by atoms with Crippen molar-refractivity contribution in [2.75, 3.05) is 0 Å². The van der Waals surface area contributed by atoms with Crippen LogP contribution in [0.4, 0.5) is 4.79 Å². The molecule has 220 valence electrons. The zero-order valence-electron chi connectivity index (χ0n) is 26.2. The summed E-state index contributed by atoms with van der Waals surface area (Å²) in [6, 6.07) is 5.54. The number of carbonyl (C=O) groups is 3. The zero-order chi connectivity index (χ0) is 30.1. The lowest BCUT2D eigenvalue weighted by Gasteiger charge is -2.40. The molecule has 39 heavy (non-hydrogen) atoms. The van der Waals surface area contributed by atoms with Gasteiger partial charge >= 0.3 is 6.09 Å². The van der Waals surface area contributed by atoms with E-state index >= 15 is 0 Å². The van der Waals surface area contributed by atoms with Crippen LogP contribution in [0.15, 0.2) is 30.8 Å². The standard InChI is InChI=1S/C32H53N3O4/c1-13-24-15-14-16-25(20-24)27(28(36)34-31(7,8)9)35(23(6)18-17-21(2)3)29(37)26(19-22(4)5)33-30(38)39-32(10,11)12/h13-16,20-23,26-27H,1,17-19H2,2-12H3,(H,33,38)(H,34,36). The van der Waals surface area contributed by atoms with Crippen molar-refractivity contribution < 1.29 is 19.1 Å². The van der Waals surface area contributed by atoms with E-state index < -0.39 is 29.3 Å². The Morgan fingerprint density at radius 2 is 1.59 bits per heavy atom. The molecule has 0 bridgehead atoms. The molecular weight excluding hydrogens is 490 g/mol. The monoisotopic (exact) mass is 543 g/mol. The molecule has 2 N–H and O–H groups in total. The van der Waals surface area contributed by atoms with Gasteiger partial charge in [0.1, 0.15) is 17.7 Å². The minimum atomic E-state index is -0.895. The highest BCUT2D eigenvalue weighted by Crippen LogP contribution is 2.30. The molecule has 1 aromatic rings. The Morgan fingerprint density at radius 3 is 2.08 bits per heavy atom. The van der Waals surface area contributed by atoms with Gasteiger partial charge in [-0.3, -0.25) is 9.59 Å². The van der Waals surface area contributed by atoms with Gasteiger partial charge in [-0.15, -0.1) is 0 Å². The summed E-state index contributed by atoms with van der Waals surface area (Å²) in [6.45, 7) is 25.3. The summed E-state index contributed by atoms with van der Waals surface area (Å²) in [7, 11) is 0. The van der Waals surface area contributed by atoms with Gasteiger partial charge < -0.3 is 20.3 Å². The highest BCUT2D eigenvalue weighted by molar-refractivity contribution is 5.92. The van der Waals surface area contributed by atoms with Crippen molar-refractivity contribution in [2.24, 2.45) is 11.8 Å². The quantitative estimate of drug-likeness (QED) is 0.301. The summed E-state index contributed by atoms with van der Waals surface area (Å²) in [5.41, 5.74) is 0.335. The number of alkyl carbamates (subject to hydrolysis) is 1. The van der Waals surface area contributed by atoms with E-state index in [0.29, 0.717) is 24.3 Å². The number of hydrogen-bond acceptors (Lipinski definition) is 4. The third-order valence-electron chi connectivity index (χ3n) is 6.07. The lowest BCUT2D eigenvalue weighted by molar-refractivity contribution is -0.146. The highest BCUT2D eigenvalue weighted by atomic mass is 16.6. The van der Waals surface area contributed by atoms with Gasteiger partial charge in [-0.05, 0) is 96.8 Å². The largest absolute Gasteiger partial charge is 0.444 e. The van der Waals surface area contributed by atoms with Gasteiger partial charge in [-0.1, -0.05) is 58.5 Å². The molecule has 0 saturated heterocycles. The molecule has 0 aliphatic carbocycles. The first-order valence-electron chi connectivity index (χ1n) is 14.2. The van der Waals surface area contributed by atoms with E-state index in [9.17, 15) is 14.4 Å². The van der Waals surface area contributed by atoms with Gasteiger partial charge in [-0.2, -0.15) is 0 Å². The van der Waals surface area contributed by atoms with Crippen LogP contribution in [0.25, 0.3) is 6.08 Å². The predicted molar refractivity (Wildman–Crippen MR) is 160 cm³/mol. The first-order valence-corrected chi connectivity index (χ1v) is 14.2. The molecule has 0 spiro atoms. The summed E-state index contributed by atoms with van der Waals surface area (Å²) in [5.74, 6) is -0.0211. The van der Waals surface area contributed by atoms with E-state index in [1.165, 1.54) is 0 Å². The number of hydrogen-bond donors (Lipinski definition) is 2. The fourth-order valence-electron chi connectivity index (χ4n) is 4.37. The number of benzene rings is 1. The molecule has 7 heteroatoms. The maximum Gasteiger partial charge on any atom is 0.408 e. The van der Waals surface area contributed by atoms with E-state index in [-0.39, 0.29) is 23.8 Å². The summed E-state index contributed by atoms with van der Waals surface area (Å²) < 4.78 is 5.50. The fraction of sp³-hybridized carbons (Fsp3) is 0.656. The Labute approximate surface area is 237 Å². The molecule has 1 rings (SSSR count). The number of nitrogens with one attached hydrogen (secondary N) is 2. The van der Waals surface area contributed by atoms with Crippen molar-refractivity contribution in [3.05, 3.63) is 42.0 Å². The van der Waals surface area contributed by atoms with Crippen molar-refractivity contribution in [1.82, 2.24) is 15.5 Å². The second kappa shape index (κ2) is 14.5. The first kappa shape index (κ1) is 34.2. The summed E-state index contributed by atoms with van der Waals surface area (Å²) in [6.07, 6.45) is 3.08. The number of amides is 3. The van der Waals surface area contributed by atoms with Gasteiger partial charge in [0.15, 0.2) is 0 Å². The minimum absolute atomic E-state index is 0.118. The van der Waals surface area contributed by atoms with Crippen LogP contribution in [0.1, 0.15) is 113 Å². The van der Waals surface area contributed by atoms with Gasteiger partial charge in [-0.25, -0.2) is 4.79 Å². The Bertz CT molecular complexity index is 972. The molecule has 0 saturated carbocycles. The maximum atomic E-state index is 14.5. The summed E-state index contributed by atoms with van der Waals surface area (Å²) >= 11 is 0. The van der Waals surface area contributed by atoms with Crippen LogP contribution in [0.3, 0.4) is 0 Å². The minimum Gasteiger partial charge on any atom is -0.444 e. The lowest BCUT2D eigenvalue weighted by Crippen LogP contribution is -2.57. The van der Waals surface area contributed by atoms with Gasteiger partial charge in [0.05, 0.1) is 0 Å². The average Bonchev–Trinajstić information content (AvgIpc) is 2.77. The highest BCUT2D eigenvalue weighted by Gasteiger charge is 2.40. The third-order valence-corrected chi connectivity index (χ3v) is 6.07. The second-order valence-corrected chi connectivity index (χ2v) is 13.4. The molecule has 0 fully saturated rings. The molecule has 3 amide bonds. The number of carbonyl (C=O) groups excluding carboxylic acids is 3. The molecule has 3 atom stereocenters. The Hall–Kier alpha value is -2.83. The van der Waals surface area contributed by atoms with Crippen molar-refractivity contribution >= 4 is 24.0 Å². The molecular formula is C32H53N3O4. The lowest BCUT2D eigenvalue weighted by atomic mass is 9.94. The van der Waals surface area contributed by atoms with Crippen molar-refractivity contribution in [2.45, 2.75) is 125 Å². The Kier molecular flexibility index (Phi) is 12.7. The third kappa shape index (κ3) is 12.3. The van der Waals surface area contributed by atoms with Crippen LogP contribution < -0.4 is 10.6 Å². The van der Waals surface area contributed by atoms with E-state index in [1.807, 2.05) is 65.8 Å². The molecule has 7 nitrogen and oxygen atoms in total. The number of ether oxygens (including phenoxy) is 1. The molecule has 0 radical (unpaired) electrons. The normalized spacial score (nSPS) is 14.4. The SMILES string of the molecule is C=Cc1cccc(C(C(=O)NC(C)(C)C)N(C(=O)C(CC(C)C)NC(=O)OC(C)(C)C)C(C)CCC(C)C)c1. The van der Waals surface area contributed by atoms with Gasteiger partial charge in [0.25, 0.3) is 0 Å². The Morgan fingerprint density at radius 1 is 0.974 bits per heavy atom. The number of rotatable bonds is 12. The smallest absolute Gasteiger partial charge is 0.408 e. The van der Waals surface area contributed by atoms with Crippen LogP contribution in [-0.4, -0.2) is 46.0 Å². The van der Waals surface area contributed by atoms with Gasteiger partial charge in [0.2, 0.25) is 11.8 Å². The van der Waals surface area contributed by atoms with E-state index in [2.05, 4.69) is 31.1 Å². The maximum absolute atomic E-state index is 14.5. The Balaban J connectivity index is 3.71. The molecule has 0 heterocycles. The molecule has 3 unspecified atom stereocenters. The predicted octanol–water partition coefficient (Wildman–Crippen LogP) is 6.88. The fourth-order valence-corrected chi connectivity index (χ4v) is 4.37. The van der Waals surface area contributed by atoms with Crippen LogP contribution in [0.2, 0.25) is 0 Å². The molecule has 0 aliphatic rings. The van der Waals surface area contributed by atoms with Gasteiger partial charge in [0, 0.05) is 11.6 Å². The van der Waals surface area contributed by atoms with Crippen molar-refractivity contribution in [1.29, 1.82) is 0 Å². The molecule has 0 aromatic heterocycles. The van der Waals surface area contributed by atoms with E-state index in [4.69, 9.17) is 4.74 Å².